The van der Waals surface area contributed by atoms with Gasteiger partial charge in [-0.05, 0) is 64.2 Å². The van der Waals surface area contributed by atoms with Crippen molar-refractivity contribution in [1.29, 1.82) is 0 Å². The predicted molar refractivity (Wildman–Crippen MR) is 288 cm³/mol. The van der Waals surface area contributed by atoms with Gasteiger partial charge in [0.1, 0.15) is 12.2 Å². The first kappa shape index (κ1) is 64.5. The zero-order valence-electron chi connectivity index (χ0n) is 44.2. The second kappa shape index (κ2) is 54.5. The lowest BCUT2D eigenvalue weighted by atomic mass is 10.00. The summed E-state index contributed by atoms with van der Waals surface area (Å²) < 4.78 is 0. The van der Waals surface area contributed by atoms with Crippen LogP contribution in [0.5, 0.6) is 0 Å². The lowest BCUT2D eigenvalue weighted by Crippen LogP contribution is -2.53. The van der Waals surface area contributed by atoms with Crippen LogP contribution in [0.15, 0.2) is 36.5 Å². The summed E-state index contributed by atoms with van der Waals surface area (Å²) in [5, 5.41) is 43.9. The van der Waals surface area contributed by atoms with E-state index in [1.807, 2.05) is 0 Å². The van der Waals surface area contributed by atoms with E-state index in [9.17, 15) is 25.2 Å². The average molecular weight is 931 g/mol. The maximum Gasteiger partial charge on any atom is 0.249 e. The number of aliphatic hydroxyl groups is 4. The van der Waals surface area contributed by atoms with Gasteiger partial charge in [0.25, 0.3) is 0 Å². The van der Waals surface area contributed by atoms with Crippen LogP contribution in [0.1, 0.15) is 309 Å². The summed E-state index contributed by atoms with van der Waals surface area (Å²) in [6, 6.07) is -1.01. The van der Waals surface area contributed by atoms with Crippen LogP contribution >= 0.6 is 0 Å². The van der Waals surface area contributed by atoms with Crippen molar-refractivity contribution in [3.05, 3.63) is 36.5 Å². The van der Waals surface area contributed by atoms with Gasteiger partial charge in [-0.1, -0.05) is 281 Å². The van der Waals surface area contributed by atoms with Gasteiger partial charge in [-0.15, -0.1) is 0 Å². The van der Waals surface area contributed by atoms with Crippen molar-refractivity contribution >= 4 is 5.91 Å². The summed E-state index contributed by atoms with van der Waals surface area (Å²) in [6.45, 7) is 4.06. The second-order valence-corrected chi connectivity index (χ2v) is 20.3. The van der Waals surface area contributed by atoms with E-state index in [4.69, 9.17) is 0 Å². The van der Waals surface area contributed by atoms with Crippen molar-refractivity contribution < 1.29 is 25.2 Å². The van der Waals surface area contributed by atoms with Gasteiger partial charge >= 0.3 is 0 Å². The molecule has 0 saturated heterocycles. The largest absolute Gasteiger partial charge is 0.394 e. The molecule has 0 saturated carbocycles. The van der Waals surface area contributed by atoms with Gasteiger partial charge in [0.2, 0.25) is 5.91 Å². The maximum absolute atomic E-state index is 12.6. The number of rotatable bonds is 54. The SMILES string of the molecule is CCCCCCCC/C=C/CC/C=C/CC/C=C/CCCC(O)C(O)C(CO)NC(=O)C(O)CCCCCCCCCCCCCCCCCCCCCCCCCCCCCCCCC. The summed E-state index contributed by atoms with van der Waals surface area (Å²) in [6.07, 6.45) is 68.0. The number of hydrogen-bond acceptors (Lipinski definition) is 5. The van der Waals surface area contributed by atoms with Gasteiger partial charge in [-0.3, -0.25) is 4.79 Å². The van der Waals surface area contributed by atoms with Crippen molar-refractivity contribution in [2.75, 3.05) is 6.61 Å². The van der Waals surface area contributed by atoms with Gasteiger partial charge in [0.05, 0.1) is 18.8 Å². The van der Waals surface area contributed by atoms with E-state index in [2.05, 4.69) is 55.6 Å². The Balaban J connectivity index is 3.61. The molecule has 1 amide bonds. The van der Waals surface area contributed by atoms with Gasteiger partial charge in [-0.2, -0.15) is 0 Å². The van der Waals surface area contributed by atoms with Gasteiger partial charge in [0.15, 0.2) is 0 Å². The molecule has 6 nitrogen and oxygen atoms in total. The van der Waals surface area contributed by atoms with Gasteiger partial charge in [-0.25, -0.2) is 0 Å². The van der Waals surface area contributed by atoms with Gasteiger partial charge in [0, 0.05) is 0 Å². The first-order chi connectivity index (χ1) is 32.5. The molecule has 0 rings (SSSR count). The summed E-state index contributed by atoms with van der Waals surface area (Å²) >= 11 is 0. The van der Waals surface area contributed by atoms with Crippen LogP contribution in [0.2, 0.25) is 0 Å². The number of carbonyl (C=O) groups excluding carboxylic acids is 1. The molecule has 0 fully saturated rings. The fourth-order valence-corrected chi connectivity index (χ4v) is 9.20. The molecule has 0 aromatic carbocycles. The minimum Gasteiger partial charge on any atom is -0.394 e. The van der Waals surface area contributed by atoms with Crippen molar-refractivity contribution in [3.8, 4) is 0 Å². The lowest BCUT2D eigenvalue weighted by Gasteiger charge is -2.27. The molecule has 4 unspecified atom stereocenters. The molecule has 66 heavy (non-hydrogen) atoms. The summed E-state index contributed by atoms with van der Waals surface area (Å²) in [4.78, 5) is 12.6. The van der Waals surface area contributed by atoms with Crippen LogP contribution in [0.3, 0.4) is 0 Å². The Morgan fingerprint density at radius 3 is 0.955 bits per heavy atom. The number of nitrogens with one attached hydrogen (secondary N) is 1. The zero-order chi connectivity index (χ0) is 48.1. The van der Waals surface area contributed by atoms with Crippen LogP contribution in [0, 0.1) is 0 Å². The van der Waals surface area contributed by atoms with Crippen LogP contribution in [-0.4, -0.2) is 57.3 Å². The molecule has 0 spiro atoms. The fraction of sp³-hybridized carbons (Fsp3) is 0.883. The van der Waals surface area contributed by atoms with Crippen LogP contribution in [-0.2, 0) is 4.79 Å². The van der Waals surface area contributed by atoms with E-state index in [0.29, 0.717) is 19.3 Å². The molecular weight excluding hydrogens is 815 g/mol. The summed E-state index contributed by atoms with van der Waals surface area (Å²) in [5.41, 5.74) is 0. The highest BCUT2D eigenvalue weighted by atomic mass is 16.3. The van der Waals surface area contributed by atoms with Crippen LogP contribution in [0.25, 0.3) is 0 Å². The Hall–Kier alpha value is -1.47. The molecule has 0 aliphatic carbocycles. The minimum absolute atomic E-state index is 0.362. The normalized spacial score (nSPS) is 14.0. The highest BCUT2D eigenvalue weighted by Gasteiger charge is 2.28. The third-order valence-electron chi connectivity index (χ3n) is 13.8. The van der Waals surface area contributed by atoms with E-state index in [1.165, 1.54) is 225 Å². The first-order valence-electron chi connectivity index (χ1n) is 29.4. The van der Waals surface area contributed by atoms with Crippen molar-refractivity contribution in [2.24, 2.45) is 0 Å². The van der Waals surface area contributed by atoms with Crippen molar-refractivity contribution in [3.63, 3.8) is 0 Å². The summed E-state index contributed by atoms with van der Waals surface area (Å²) in [7, 11) is 0. The highest BCUT2D eigenvalue weighted by molar-refractivity contribution is 5.80. The molecule has 0 aromatic rings. The fourth-order valence-electron chi connectivity index (χ4n) is 9.20. The van der Waals surface area contributed by atoms with Crippen LogP contribution < -0.4 is 5.32 Å². The standard InChI is InChI=1S/C60H115NO5/c1-3-5-7-9-11-13-15-17-19-21-23-24-25-26-27-28-29-30-31-32-33-34-36-38-40-42-44-46-48-50-52-54-58(64)60(66)61-56(55-62)59(65)57(63)53-51-49-47-45-43-41-39-37-35-22-20-18-16-14-12-10-8-6-4-2/h18,20,37,39,45,47,56-59,62-65H,3-17,19,21-36,38,40-44,46,48-55H2,1-2H3,(H,61,66)/b20-18+,39-37+,47-45+. The molecule has 390 valence electrons. The van der Waals surface area contributed by atoms with Crippen molar-refractivity contribution in [2.45, 2.75) is 334 Å². The molecular formula is C60H115NO5. The minimum atomic E-state index is -1.29. The van der Waals surface area contributed by atoms with E-state index in [-0.39, 0.29) is 0 Å². The van der Waals surface area contributed by atoms with E-state index in [1.54, 1.807) is 0 Å². The van der Waals surface area contributed by atoms with Crippen molar-refractivity contribution in [1.82, 2.24) is 5.32 Å². The third kappa shape index (κ3) is 47.6. The highest BCUT2D eigenvalue weighted by Crippen LogP contribution is 2.18. The Kier molecular flexibility index (Phi) is 53.3. The molecule has 0 bridgehead atoms. The second-order valence-electron chi connectivity index (χ2n) is 20.3. The Morgan fingerprint density at radius 2 is 0.636 bits per heavy atom. The Bertz CT molecular complexity index is 1040. The molecule has 5 N–H and O–H groups in total. The summed E-state index contributed by atoms with van der Waals surface area (Å²) in [5.74, 6) is -0.595. The topological polar surface area (TPSA) is 110 Å². The molecule has 0 radical (unpaired) electrons. The maximum atomic E-state index is 12.6. The van der Waals surface area contributed by atoms with Crippen LogP contribution in [0.4, 0.5) is 0 Å². The third-order valence-corrected chi connectivity index (χ3v) is 13.8. The average Bonchev–Trinajstić information content (AvgIpc) is 3.32. The zero-order valence-corrected chi connectivity index (χ0v) is 44.2. The molecule has 4 atom stereocenters. The number of amides is 1. The Morgan fingerprint density at radius 1 is 0.364 bits per heavy atom. The number of hydrogen-bond donors (Lipinski definition) is 5. The number of allylic oxidation sites excluding steroid dienone is 6. The predicted octanol–water partition coefficient (Wildman–Crippen LogP) is 17.2. The monoisotopic (exact) mass is 930 g/mol. The van der Waals surface area contributed by atoms with E-state index >= 15 is 0 Å². The molecule has 0 aliphatic rings. The number of carbonyl (C=O) groups is 1. The first-order valence-corrected chi connectivity index (χ1v) is 29.4. The van der Waals surface area contributed by atoms with Gasteiger partial charge < -0.3 is 25.7 Å². The molecule has 0 aromatic heterocycles. The number of aliphatic hydroxyl groups excluding tert-OH is 4. The quantitative estimate of drug-likeness (QED) is 0.0308. The molecule has 0 aliphatic heterocycles. The molecule has 6 heteroatoms. The lowest BCUT2D eigenvalue weighted by molar-refractivity contribution is -0.132. The van der Waals surface area contributed by atoms with E-state index < -0.39 is 36.9 Å². The van der Waals surface area contributed by atoms with E-state index in [0.717, 1.165) is 51.4 Å². The smallest absolute Gasteiger partial charge is 0.249 e. The Labute approximate surface area is 411 Å². The number of unbranched alkanes of at least 4 members (excludes halogenated alkanes) is 39. The molecule has 0 heterocycles.